The second-order valence-corrected chi connectivity index (χ2v) is 10.7. The summed E-state index contributed by atoms with van der Waals surface area (Å²) in [5.74, 6) is 0. The van der Waals surface area contributed by atoms with Gasteiger partial charge in [-0.25, -0.2) is 13.7 Å². The van der Waals surface area contributed by atoms with Crippen molar-refractivity contribution < 1.29 is 58.5 Å². The molecule has 0 radical (unpaired) electrons. The standard InChI is InChI=1S/C4H12O13P5/c1-11-20(7,8)16-22(10,13-3)17-21(9,12-2)15-19(6)14-18(4)5/h1-4H3/q+1/p+1. The van der Waals surface area contributed by atoms with Crippen LogP contribution in [0.1, 0.15) is 0 Å². The molecule has 0 heterocycles. The summed E-state index contributed by atoms with van der Waals surface area (Å²) in [6.07, 6.45) is 0. The fourth-order valence-corrected chi connectivity index (χ4v) is 6.53. The summed E-state index contributed by atoms with van der Waals surface area (Å²) in [6.45, 7) is 1.02. The van der Waals surface area contributed by atoms with Gasteiger partial charge in [-0.15, -0.1) is 0 Å². The fraction of sp³-hybridized carbons (Fsp3) is 1.00. The highest BCUT2D eigenvalue weighted by Crippen LogP contribution is 2.73. The molecule has 0 aromatic rings. The van der Waals surface area contributed by atoms with Crippen LogP contribution in [0.5, 0.6) is 0 Å². The van der Waals surface area contributed by atoms with Crippen LogP contribution in [0.3, 0.4) is 0 Å². The molecule has 22 heavy (non-hydrogen) atoms. The molecule has 130 valence electrons. The van der Waals surface area contributed by atoms with Crippen LogP contribution in [-0.4, -0.2) is 32.9 Å². The van der Waals surface area contributed by atoms with E-state index >= 15 is 0 Å². The second kappa shape index (κ2) is 9.16. The molecule has 0 aromatic carbocycles. The minimum atomic E-state index is -4.97. The van der Waals surface area contributed by atoms with Gasteiger partial charge in [-0.2, -0.15) is 8.62 Å². The maximum absolute atomic E-state index is 12.0. The summed E-state index contributed by atoms with van der Waals surface area (Å²) in [6, 6.07) is 0. The van der Waals surface area contributed by atoms with Gasteiger partial charge in [-0.1, -0.05) is 0 Å². The average molecular weight is 424 g/mol. The molecule has 0 aliphatic rings. The summed E-state index contributed by atoms with van der Waals surface area (Å²) >= 11 is 0. The molecule has 13 nitrogen and oxygen atoms in total. The zero-order chi connectivity index (χ0) is 17.6. The molecular formula is C4H13O13P5+2. The van der Waals surface area contributed by atoms with Crippen molar-refractivity contribution in [3.8, 4) is 0 Å². The van der Waals surface area contributed by atoms with E-state index in [-0.39, 0.29) is 0 Å². The molecule has 18 heteroatoms. The molecule has 0 aliphatic carbocycles. The smallest absolute Gasteiger partial charge is 0.302 e. The van der Waals surface area contributed by atoms with E-state index in [9.17, 15) is 22.8 Å². The molecule has 5 unspecified atom stereocenters. The first-order valence-corrected chi connectivity index (χ1v) is 11.9. The largest absolute Gasteiger partial charge is 0.755 e. The van der Waals surface area contributed by atoms with Crippen molar-refractivity contribution in [2.75, 3.05) is 28.0 Å². The number of hydrogen-bond donors (Lipinski definition) is 1. The van der Waals surface area contributed by atoms with Gasteiger partial charge in [-0.05, 0) is 4.57 Å². The van der Waals surface area contributed by atoms with Crippen LogP contribution < -0.4 is 0 Å². The zero-order valence-electron chi connectivity index (χ0n) is 11.6. The zero-order valence-corrected chi connectivity index (χ0v) is 16.1. The van der Waals surface area contributed by atoms with Gasteiger partial charge in [-0.3, -0.25) is 13.6 Å². The van der Waals surface area contributed by atoms with Gasteiger partial charge in [0.05, 0.1) is 0 Å². The minimum absolute atomic E-state index is 0.718. The third-order valence-corrected chi connectivity index (χ3v) is 8.80. The second-order valence-electron chi connectivity index (χ2n) is 2.90. The Morgan fingerprint density at radius 1 is 0.864 bits per heavy atom. The Bertz CT molecular complexity index is 555. The molecule has 0 aliphatic heterocycles. The minimum Gasteiger partial charge on any atom is -0.302 e. The summed E-state index contributed by atoms with van der Waals surface area (Å²) in [5, 5.41) is 0. The molecule has 0 spiro atoms. The fourth-order valence-electron chi connectivity index (χ4n) is 0.636. The maximum atomic E-state index is 12.0. The van der Waals surface area contributed by atoms with E-state index in [4.69, 9.17) is 4.89 Å². The molecule has 5 atom stereocenters. The first-order valence-electron chi connectivity index (χ1n) is 4.79. The number of phosphoric acid groups is 3. The topological polar surface area (TPSA) is 170 Å². The van der Waals surface area contributed by atoms with Crippen molar-refractivity contribution in [1.82, 2.24) is 0 Å². The number of rotatable bonds is 11. The van der Waals surface area contributed by atoms with Crippen LogP contribution in [0.2, 0.25) is 0 Å². The van der Waals surface area contributed by atoms with Crippen LogP contribution in [0.4, 0.5) is 0 Å². The highest BCUT2D eigenvalue weighted by Gasteiger charge is 2.52. The molecule has 0 saturated carbocycles. The molecule has 1 N–H and O–H groups in total. The van der Waals surface area contributed by atoms with E-state index in [1.165, 1.54) is 0 Å². The Kier molecular flexibility index (Phi) is 9.39. The lowest BCUT2D eigenvalue weighted by Gasteiger charge is -2.18. The van der Waals surface area contributed by atoms with Crippen LogP contribution in [-0.2, 0) is 53.6 Å². The van der Waals surface area contributed by atoms with E-state index in [1.807, 2.05) is 0 Å². The molecule has 0 amide bonds. The van der Waals surface area contributed by atoms with E-state index in [1.54, 1.807) is 0 Å². The maximum Gasteiger partial charge on any atom is 0.755 e. The third kappa shape index (κ3) is 8.43. The quantitative estimate of drug-likeness (QED) is 0.480. The Morgan fingerprint density at radius 2 is 1.36 bits per heavy atom. The molecular weight excluding hydrogens is 411 g/mol. The molecule has 0 saturated heterocycles. The number of phosphoric ester groups is 1. The lowest BCUT2D eigenvalue weighted by atomic mass is 11.8. The predicted octanol–water partition coefficient (Wildman–Crippen LogP) is 3.34. The van der Waals surface area contributed by atoms with Gasteiger partial charge in [0.15, 0.2) is 6.66 Å². The highest BCUT2D eigenvalue weighted by atomic mass is 31.3. The molecule has 0 bridgehead atoms. The van der Waals surface area contributed by atoms with Crippen molar-refractivity contribution in [2.24, 2.45) is 0 Å². The third-order valence-electron chi connectivity index (χ3n) is 1.43. The monoisotopic (exact) mass is 424 g/mol. The lowest BCUT2D eigenvalue weighted by molar-refractivity contribution is 0.170. The van der Waals surface area contributed by atoms with E-state index in [0.717, 1.165) is 28.0 Å². The van der Waals surface area contributed by atoms with Crippen LogP contribution >= 0.6 is 39.8 Å². The summed E-state index contributed by atoms with van der Waals surface area (Å²) in [4.78, 5) is 9.05. The normalized spacial score (nSPS) is 21.3. The van der Waals surface area contributed by atoms with Crippen molar-refractivity contribution in [3.63, 3.8) is 0 Å². The van der Waals surface area contributed by atoms with E-state index < -0.39 is 39.8 Å². The Hall–Kier alpha value is 0.570. The summed E-state index contributed by atoms with van der Waals surface area (Å²) in [7, 11) is -18.2. The van der Waals surface area contributed by atoms with E-state index in [2.05, 4.69) is 30.8 Å². The van der Waals surface area contributed by atoms with Crippen molar-refractivity contribution in [1.29, 1.82) is 0 Å². The number of hydrogen-bond acceptors (Lipinski definition) is 12. The van der Waals surface area contributed by atoms with Gasteiger partial charge in [0.25, 0.3) is 0 Å². The van der Waals surface area contributed by atoms with Crippen molar-refractivity contribution in [3.05, 3.63) is 0 Å². The van der Waals surface area contributed by atoms with Gasteiger partial charge in [0.1, 0.15) is 4.31 Å². The van der Waals surface area contributed by atoms with Crippen LogP contribution in [0, 0.1) is 0 Å². The van der Waals surface area contributed by atoms with Gasteiger partial charge >= 0.3 is 39.8 Å². The van der Waals surface area contributed by atoms with Crippen LogP contribution in [0.15, 0.2) is 0 Å². The molecule has 0 fully saturated rings. The van der Waals surface area contributed by atoms with Gasteiger partial charge in [0, 0.05) is 30.2 Å². The van der Waals surface area contributed by atoms with E-state index in [0.29, 0.717) is 0 Å². The van der Waals surface area contributed by atoms with Crippen molar-refractivity contribution in [2.45, 2.75) is 0 Å². The highest BCUT2D eigenvalue weighted by molar-refractivity contribution is 7.69. The average Bonchev–Trinajstić information content (AvgIpc) is 2.36. The Labute approximate surface area is 127 Å². The Balaban J connectivity index is 5.19. The Morgan fingerprint density at radius 3 is 1.73 bits per heavy atom. The van der Waals surface area contributed by atoms with Gasteiger partial charge in [0.2, 0.25) is 0 Å². The lowest BCUT2D eigenvalue weighted by Crippen LogP contribution is -1.99. The van der Waals surface area contributed by atoms with Crippen molar-refractivity contribution >= 4 is 39.8 Å². The first-order chi connectivity index (χ1) is 9.91. The SMILES string of the molecule is COP(=O)(O)OP(=O)(OC)OP(=O)(OC)O[P+](=O)O[P+](C)=O. The summed E-state index contributed by atoms with van der Waals surface area (Å²) < 4.78 is 86.1. The van der Waals surface area contributed by atoms with Gasteiger partial charge < -0.3 is 4.89 Å². The molecule has 0 rings (SSSR count). The predicted molar refractivity (Wildman–Crippen MR) is 71.5 cm³/mol. The van der Waals surface area contributed by atoms with Crippen LogP contribution in [0.25, 0.3) is 0 Å². The first kappa shape index (κ1) is 22.6. The molecule has 0 aromatic heterocycles. The summed E-state index contributed by atoms with van der Waals surface area (Å²) in [5.41, 5.74) is 0.